The normalized spacial score (nSPS) is 13.0. The van der Waals surface area contributed by atoms with E-state index < -0.39 is 0 Å². The molecular weight excluding hydrogens is 296 g/mol. The number of aryl methyl sites for hydroxylation is 2. The first-order chi connectivity index (χ1) is 11.2. The fraction of sp³-hybridized carbons (Fsp3) is 0.381. The van der Waals surface area contributed by atoms with Gasteiger partial charge < -0.3 is 10.2 Å². The standard InChI is InChI=1S/C21H28N2O/c1-15-11-10-12-16(2)18(15)20(24)22-19(21(3,4)23(5)6)17-13-8-7-9-14-17/h7-14,19H,1-6H3,(H,22,24). The summed E-state index contributed by atoms with van der Waals surface area (Å²) in [5, 5.41) is 3.27. The summed E-state index contributed by atoms with van der Waals surface area (Å²) in [5.41, 5.74) is 3.65. The van der Waals surface area contributed by atoms with E-state index >= 15 is 0 Å². The Labute approximate surface area is 145 Å². The van der Waals surface area contributed by atoms with E-state index in [4.69, 9.17) is 0 Å². The second kappa shape index (κ2) is 7.18. The average molecular weight is 324 g/mol. The molecule has 3 nitrogen and oxygen atoms in total. The van der Waals surface area contributed by atoms with Crippen molar-refractivity contribution in [3.8, 4) is 0 Å². The van der Waals surface area contributed by atoms with E-state index in [1.165, 1.54) is 0 Å². The smallest absolute Gasteiger partial charge is 0.252 e. The topological polar surface area (TPSA) is 32.3 Å². The van der Waals surface area contributed by atoms with Gasteiger partial charge in [-0.25, -0.2) is 0 Å². The number of rotatable bonds is 5. The molecule has 0 spiro atoms. The molecule has 3 heteroatoms. The van der Waals surface area contributed by atoms with Gasteiger partial charge in [0.05, 0.1) is 6.04 Å². The van der Waals surface area contributed by atoms with Gasteiger partial charge in [0.25, 0.3) is 5.91 Å². The molecule has 0 aliphatic heterocycles. The minimum absolute atomic E-state index is 0.0191. The van der Waals surface area contributed by atoms with Crippen molar-refractivity contribution in [2.24, 2.45) is 0 Å². The maximum atomic E-state index is 13.0. The summed E-state index contributed by atoms with van der Waals surface area (Å²) in [6.07, 6.45) is 0. The fourth-order valence-electron chi connectivity index (χ4n) is 2.95. The lowest BCUT2D eigenvalue weighted by molar-refractivity contribution is 0.0839. The molecule has 0 aromatic heterocycles. The first kappa shape index (κ1) is 18.2. The zero-order valence-electron chi connectivity index (χ0n) is 15.6. The molecule has 0 saturated carbocycles. The lowest BCUT2D eigenvalue weighted by Crippen LogP contribution is -2.50. The van der Waals surface area contributed by atoms with E-state index in [-0.39, 0.29) is 17.5 Å². The number of carbonyl (C=O) groups is 1. The minimum atomic E-state index is -0.229. The van der Waals surface area contributed by atoms with Gasteiger partial charge in [-0.15, -0.1) is 0 Å². The minimum Gasteiger partial charge on any atom is -0.343 e. The van der Waals surface area contributed by atoms with E-state index in [0.717, 1.165) is 22.3 Å². The van der Waals surface area contributed by atoms with Gasteiger partial charge in [-0.3, -0.25) is 4.79 Å². The van der Waals surface area contributed by atoms with Gasteiger partial charge in [-0.2, -0.15) is 0 Å². The van der Waals surface area contributed by atoms with E-state index in [2.05, 4.69) is 36.2 Å². The van der Waals surface area contributed by atoms with Crippen LogP contribution in [0.5, 0.6) is 0 Å². The highest BCUT2D eigenvalue weighted by molar-refractivity contribution is 5.97. The summed E-state index contributed by atoms with van der Waals surface area (Å²) in [6.45, 7) is 8.26. The van der Waals surface area contributed by atoms with Crippen LogP contribution in [0.1, 0.15) is 46.9 Å². The van der Waals surface area contributed by atoms with Crippen molar-refractivity contribution in [1.29, 1.82) is 0 Å². The van der Waals surface area contributed by atoms with Crippen LogP contribution in [0, 0.1) is 13.8 Å². The number of benzene rings is 2. The molecule has 0 aliphatic carbocycles. The Morgan fingerprint density at radius 1 is 0.958 bits per heavy atom. The highest BCUT2D eigenvalue weighted by Crippen LogP contribution is 2.30. The van der Waals surface area contributed by atoms with Crippen LogP contribution in [0.25, 0.3) is 0 Å². The first-order valence-corrected chi connectivity index (χ1v) is 8.34. The van der Waals surface area contributed by atoms with Crippen LogP contribution in [0.4, 0.5) is 0 Å². The van der Waals surface area contributed by atoms with Crippen LogP contribution in [-0.4, -0.2) is 30.4 Å². The van der Waals surface area contributed by atoms with Crippen molar-refractivity contribution < 1.29 is 4.79 Å². The highest BCUT2D eigenvalue weighted by Gasteiger charge is 2.34. The van der Waals surface area contributed by atoms with Crippen molar-refractivity contribution in [2.75, 3.05) is 14.1 Å². The summed E-state index contributed by atoms with van der Waals surface area (Å²) >= 11 is 0. The van der Waals surface area contributed by atoms with E-state index in [1.54, 1.807) is 0 Å². The second-order valence-corrected chi connectivity index (χ2v) is 7.13. The van der Waals surface area contributed by atoms with E-state index in [1.807, 2.05) is 64.3 Å². The average Bonchev–Trinajstić information content (AvgIpc) is 2.53. The van der Waals surface area contributed by atoms with Crippen LogP contribution in [0.3, 0.4) is 0 Å². The summed E-state index contributed by atoms with van der Waals surface area (Å²) in [7, 11) is 4.09. The van der Waals surface area contributed by atoms with Gasteiger partial charge in [0.2, 0.25) is 0 Å². The fourth-order valence-corrected chi connectivity index (χ4v) is 2.95. The van der Waals surface area contributed by atoms with Crippen molar-refractivity contribution >= 4 is 5.91 Å². The number of nitrogens with zero attached hydrogens (tertiary/aromatic N) is 1. The molecule has 1 unspecified atom stereocenters. The molecule has 0 aliphatic rings. The van der Waals surface area contributed by atoms with Gasteiger partial charge in [-0.05, 0) is 58.5 Å². The van der Waals surface area contributed by atoms with Crippen molar-refractivity contribution in [2.45, 2.75) is 39.3 Å². The Hall–Kier alpha value is -2.13. The molecule has 128 valence electrons. The quantitative estimate of drug-likeness (QED) is 0.897. The molecule has 1 N–H and O–H groups in total. The van der Waals surface area contributed by atoms with Gasteiger partial charge in [0.1, 0.15) is 0 Å². The molecule has 1 amide bonds. The summed E-state index contributed by atoms with van der Waals surface area (Å²) in [4.78, 5) is 15.2. The van der Waals surface area contributed by atoms with Crippen LogP contribution in [0.15, 0.2) is 48.5 Å². The third-order valence-electron chi connectivity index (χ3n) is 4.98. The largest absolute Gasteiger partial charge is 0.343 e. The van der Waals surface area contributed by atoms with Crippen molar-refractivity contribution in [3.05, 3.63) is 70.8 Å². The van der Waals surface area contributed by atoms with Crippen LogP contribution in [-0.2, 0) is 0 Å². The molecule has 2 aromatic rings. The van der Waals surface area contributed by atoms with Crippen LogP contribution in [0.2, 0.25) is 0 Å². The predicted octanol–water partition coefficient (Wildman–Crippen LogP) is 4.11. The number of hydrogen-bond acceptors (Lipinski definition) is 2. The van der Waals surface area contributed by atoms with Crippen LogP contribution >= 0.6 is 0 Å². The molecule has 2 rings (SSSR count). The molecule has 0 fully saturated rings. The molecule has 1 atom stereocenters. The monoisotopic (exact) mass is 324 g/mol. The summed E-state index contributed by atoms with van der Waals surface area (Å²) in [5.74, 6) is -0.0191. The maximum Gasteiger partial charge on any atom is 0.252 e. The van der Waals surface area contributed by atoms with Gasteiger partial charge >= 0.3 is 0 Å². The van der Waals surface area contributed by atoms with Crippen molar-refractivity contribution in [1.82, 2.24) is 10.2 Å². The number of likely N-dealkylation sites (N-methyl/N-ethyl adjacent to an activating group) is 1. The summed E-state index contributed by atoms with van der Waals surface area (Å²) in [6, 6.07) is 16.0. The third kappa shape index (κ3) is 3.68. The number of amides is 1. The van der Waals surface area contributed by atoms with Crippen molar-refractivity contribution in [3.63, 3.8) is 0 Å². The Bertz CT molecular complexity index is 685. The second-order valence-electron chi connectivity index (χ2n) is 7.13. The van der Waals surface area contributed by atoms with E-state index in [9.17, 15) is 4.79 Å². The lowest BCUT2D eigenvalue weighted by Gasteiger charge is -2.41. The van der Waals surface area contributed by atoms with E-state index in [0.29, 0.717) is 0 Å². The number of nitrogens with one attached hydrogen (secondary N) is 1. The SMILES string of the molecule is Cc1cccc(C)c1C(=O)NC(c1ccccc1)C(C)(C)N(C)C. The predicted molar refractivity (Wildman–Crippen MR) is 100 cm³/mol. The molecular formula is C21H28N2O. The maximum absolute atomic E-state index is 13.0. The molecule has 0 radical (unpaired) electrons. The van der Waals surface area contributed by atoms with Gasteiger partial charge in [-0.1, -0.05) is 48.5 Å². The third-order valence-corrected chi connectivity index (χ3v) is 4.98. The Kier molecular flexibility index (Phi) is 5.45. The Morgan fingerprint density at radius 2 is 1.50 bits per heavy atom. The zero-order valence-corrected chi connectivity index (χ0v) is 15.6. The van der Waals surface area contributed by atoms with Gasteiger partial charge in [0.15, 0.2) is 0 Å². The molecule has 0 heterocycles. The summed E-state index contributed by atoms with van der Waals surface area (Å²) < 4.78 is 0. The molecule has 0 bridgehead atoms. The molecule has 2 aromatic carbocycles. The Balaban J connectivity index is 2.41. The number of carbonyl (C=O) groups excluding carboxylic acids is 1. The zero-order chi connectivity index (χ0) is 17.9. The number of hydrogen-bond donors (Lipinski definition) is 1. The first-order valence-electron chi connectivity index (χ1n) is 8.34. The van der Waals surface area contributed by atoms with Gasteiger partial charge in [0, 0.05) is 11.1 Å². The molecule has 0 saturated heterocycles. The highest BCUT2D eigenvalue weighted by atomic mass is 16.1. The van der Waals surface area contributed by atoms with Crippen LogP contribution < -0.4 is 5.32 Å². The Morgan fingerprint density at radius 3 is 2.00 bits per heavy atom. The lowest BCUT2D eigenvalue weighted by atomic mass is 9.87. The molecule has 24 heavy (non-hydrogen) atoms.